The monoisotopic (exact) mass is 1600 g/mol. The summed E-state index contributed by atoms with van der Waals surface area (Å²) in [7, 11) is 0.948. The van der Waals surface area contributed by atoms with E-state index in [1.165, 1.54) is 13.8 Å². The average Bonchev–Trinajstić information content (AvgIpc) is 1.59. The van der Waals surface area contributed by atoms with E-state index in [-0.39, 0.29) is 45.1 Å². The van der Waals surface area contributed by atoms with E-state index < -0.39 is 261 Å². The van der Waals surface area contributed by atoms with Crippen LogP contribution >= 0.6 is 0 Å². The summed E-state index contributed by atoms with van der Waals surface area (Å²) in [6.45, 7) is 6.94. The van der Waals surface area contributed by atoms with Gasteiger partial charge in [0.05, 0.1) is 38.8 Å². The molecule has 1 aliphatic heterocycles. The molecule has 13 unspecified atom stereocenters. The number of ether oxygens (including phenoxy) is 1. The van der Waals surface area contributed by atoms with E-state index in [1.54, 1.807) is 30.5 Å². The van der Waals surface area contributed by atoms with E-state index in [2.05, 4.69) is 77.3 Å². The molecule has 1 fully saturated rings. The summed E-state index contributed by atoms with van der Waals surface area (Å²) >= 11 is 0. The number of nitrogens with zero attached hydrogens (tertiary/aromatic N) is 1. The fraction of sp³-hybridized carbons (Fsp3) is 0.606. The number of esters is 1. The number of para-hydroxylation sites is 1. The van der Waals surface area contributed by atoms with Crippen LogP contribution in [0.4, 0.5) is 0 Å². The molecule has 42 heteroatoms. The van der Waals surface area contributed by atoms with Gasteiger partial charge < -0.3 is 116 Å². The number of amides is 15. The van der Waals surface area contributed by atoms with Crippen molar-refractivity contribution in [3.05, 3.63) is 36.0 Å². The number of cyclic esters (lactones) is 1. The van der Waals surface area contributed by atoms with Crippen LogP contribution in [0.5, 0.6) is 0 Å². The van der Waals surface area contributed by atoms with Gasteiger partial charge >= 0.3 is 29.8 Å². The molecule has 626 valence electrons. The molecule has 113 heavy (non-hydrogen) atoms. The lowest BCUT2D eigenvalue weighted by Gasteiger charge is -2.32. The summed E-state index contributed by atoms with van der Waals surface area (Å²) in [4.78, 5) is 275. The number of carbonyl (C=O) groups excluding carboxylic acids is 16. The van der Waals surface area contributed by atoms with Crippen LogP contribution < -0.4 is 81.0 Å². The molecule has 1 aromatic heterocycles. The Balaban J connectivity index is 2.24. The number of primary amides is 2. The number of carboxylic acids is 4. The fourth-order valence-electron chi connectivity index (χ4n) is 11.6. The minimum Gasteiger partial charge on any atom is -0.481 e. The average molecular weight is 1600 g/mol. The van der Waals surface area contributed by atoms with Gasteiger partial charge in [0.1, 0.15) is 72.6 Å². The Labute approximate surface area is 649 Å². The predicted molar refractivity (Wildman–Crippen MR) is 396 cm³/mol. The van der Waals surface area contributed by atoms with Crippen LogP contribution in [0.3, 0.4) is 0 Å². The zero-order valence-corrected chi connectivity index (χ0v) is 64.1. The normalized spacial score (nSPS) is 21.5. The summed E-state index contributed by atoms with van der Waals surface area (Å²) in [5, 5.41) is 66.9. The highest BCUT2D eigenvalue weighted by molar-refractivity contribution is 6.02. The number of aromatic nitrogens is 1. The number of carbonyl (C=O) groups is 20. The summed E-state index contributed by atoms with van der Waals surface area (Å²) in [5.74, 6) is -27.1. The lowest BCUT2D eigenvalue weighted by molar-refractivity contribution is -0.159. The molecule has 1 saturated heterocycles. The molecule has 42 nitrogen and oxygen atoms in total. The number of likely N-dealkylation sites (N-methyl/N-ethyl adjacent to an activating group) is 1. The first kappa shape index (κ1) is 95.3. The first-order valence-corrected chi connectivity index (χ1v) is 36.9. The number of H-pyrrole nitrogens is 1. The maximum Gasteiger partial charge on any atom is 0.329 e. The fourth-order valence-corrected chi connectivity index (χ4v) is 11.6. The van der Waals surface area contributed by atoms with Gasteiger partial charge in [-0.25, -0.2) is 4.79 Å². The van der Waals surface area contributed by atoms with Crippen molar-refractivity contribution in [3.8, 4) is 0 Å². The number of benzene rings is 1. The van der Waals surface area contributed by atoms with Gasteiger partial charge in [0.15, 0.2) is 0 Å². The number of hydrogen-bond acceptors (Lipinski definition) is 22. The number of unbranched alkanes of at least 4 members (excludes halogenated alkanes) is 4. The van der Waals surface area contributed by atoms with Crippen molar-refractivity contribution in [1.29, 1.82) is 0 Å². The summed E-state index contributed by atoms with van der Waals surface area (Å²) in [6, 6.07) is -14.2. The van der Waals surface area contributed by atoms with Gasteiger partial charge in [0.25, 0.3) is 0 Å². The second-order valence-corrected chi connectivity index (χ2v) is 27.9. The van der Waals surface area contributed by atoms with Gasteiger partial charge in [-0.3, -0.25) is 91.1 Å². The first-order chi connectivity index (χ1) is 53.1. The lowest BCUT2D eigenvalue weighted by Crippen LogP contribution is -2.62. The number of nitrogens with one attached hydrogen (secondary N) is 13. The maximum atomic E-state index is 14.9. The number of nitrogens with two attached hydrogens (primary N) is 3. The minimum absolute atomic E-state index is 0.00435. The third kappa shape index (κ3) is 34.5. The summed E-state index contributed by atoms with van der Waals surface area (Å²) in [6.07, 6.45) is -4.39. The summed E-state index contributed by atoms with van der Waals surface area (Å²) < 4.78 is 5.78. The van der Waals surface area contributed by atoms with Crippen molar-refractivity contribution in [1.82, 2.24) is 73.7 Å². The van der Waals surface area contributed by atoms with Crippen molar-refractivity contribution in [3.63, 3.8) is 0 Å². The second kappa shape index (κ2) is 48.0. The SMILES string of the molecule is CCC(C)C1NC(=O)C(CCC(=O)O)NC(=O)C(CC(N)=O)NC(=O)CNC(=O)C(CC(=O)O)NC(=O)C(CCCCN)NC(=O)C(CC(=O)O)NC(=O)C(C)NC(=O)CN(C)C(=O)C(NC(=O)C(CC(N)=O)NC(=O)C(CCC(=O)O)NC(=O)C(Cc2c[nH]c3ccccc23)NC(=O)CCCCCCC(C)C)C(C)OC1=O. The van der Waals surface area contributed by atoms with Gasteiger partial charge in [-0.15, -0.1) is 0 Å². The first-order valence-electron chi connectivity index (χ1n) is 36.9. The molecule has 0 bridgehead atoms. The molecule has 23 N–H and O–H groups in total. The van der Waals surface area contributed by atoms with Crippen molar-refractivity contribution >= 4 is 129 Å². The molecular formula is C71H107N17O25. The molecular weight excluding hydrogens is 1490 g/mol. The number of fused-ring (bicyclic) bond motifs is 1. The van der Waals surface area contributed by atoms with Crippen molar-refractivity contribution in [2.75, 3.05) is 26.7 Å². The van der Waals surface area contributed by atoms with Crippen LogP contribution in [0.25, 0.3) is 10.9 Å². The molecule has 0 saturated carbocycles. The third-order valence-corrected chi connectivity index (χ3v) is 18.0. The Hall–Kier alpha value is -11.9. The lowest BCUT2D eigenvalue weighted by atomic mass is 9.98. The molecule has 13 atom stereocenters. The highest BCUT2D eigenvalue weighted by Gasteiger charge is 2.41. The minimum atomic E-state index is -2.26. The van der Waals surface area contributed by atoms with Crippen LogP contribution in [0, 0.1) is 11.8 Å². The highest BCUT2D eigenvalue weighted by Crippen LogP contribution is 2.21. The van der Waals surface area contributed by atoms with E-state index in [1.807, 2.05) is 5.32 Å². The molecule has 1 aliphatic rings. The number of aromatic amines is 1. The largest absolute Gasteiger partial charge is 0.481 e. The van der Waals surface area contributed by atoms with Gasteiger partial charge in [0, 0.05) is 49.8 Å². The van der Waals surface area contributed by atoms with Crippen LogP contribution in [0.1, 0.15) is 163 Å². The Bertz CT molecular complexity index is 3760. The van der Waals surface area contributed by atoms with E-state index in [0.29, 0.717) is 40.1 Å². The molecule has 0 spiro atoms. The van der Waals surface area contributed by atoms with Crippen molar-refractivity contribution < 1.29 is 121 Å². The molecule has 0 aliphatic carbocycles. The number of hydrogen-bond donors (Lipinski definition) is 20. The quantitative estimate of drug-likeness (QED) is 0.0225. The van der Waals surface area contributed by atoms with Crippen molar-refractivity contribution in [2.24, 2.45) is 29.0 Å². The van der Waals surface area contributed by atoms with E-state index in [4.69, 9.17) is 21.9 Å². The molecule has 3 rings (SSSR count). The van der Waals surface area contributed by atoms with Gasteiger partial charge in [-0.2, -0.15) is 0 Å². The van der Waals surface area contributed by atoms with E-state index in [9.17, 15) is 116 Å². The van der Waals surface area contributed by atoms with Crippen LogP contribution in [0.2, 0.25) is 0 Å². The molecule has 15 amide bonds. The zero-order valence-electron chi connectivity index (χ0n) is 64.1. The van der Waals surface area contributed by atoms with Crippen LogP contribution in [0.15, 0.2) is 30.5 Å². The van der Waals surface area contributed by atoms with Gasteiger partial charge in [-0.05, 0) is 82.4 Å². The highest BCUT2D eigenvalue weighted by atomic mass is 16.5. The van der Waals surface area contributed by atoms with E-state index >= 15 is 0 Å². The van der Waals surface area contributed by atoms with Crippen LogP contribution in [-0.4, -0.2) is 248 Å². The van der Waals surface area contributed by atoms with E-state index in [0.717, 1.165) is 40.2 Å². The zero-order chi connectivity index (χ0) is 84.9. The standard InChI is InChI=1S/C71H107N17O25/c1-8-36(4)59-71(112)113-38(6)60(87-69(110)47(29-51(74)90)84-64(105)43(22-24-55(94)95)81-66(107)45(27-39-32-75-41-19-14-13-18-40(39)41)78-52(91)21-12-10-9-11-17-35(2)3)70(111)88(7)34-54(93)77-37(5)61(102)83-49(31-58(100)101)68(109)80-42(20-15-16-26-72)63(104)85-48(30-57(98)99)62(103)76-33-53(92)79-46(28-50(73)89)67(108)82-44(65(106)86-59)23-25-56(96)97/h13-14,18-19,32,35-38,42-49,59-60,75H,8-12,15-17,20-31,33-34,72H2,1-7H3,(H2,73,89)(H2,74,90)(H,76,103)(H,77,93)(H,78,91)(H,79,92)(H,80,109)(H,81,107)(H,82,108)(H,83,102)(H,84,105)(H,85,104)(H,86,106)(H,87,110)(H,94,95)(H,96,97)(H,98,99)(H,100,101). The Kier molecular flexibility index (Phi) is 40.5. The topological polar surface area (TPSA) is 673 Å². The third-order valence-electron chi connectivity index (χ3n) is 18.0. The number of carboxylic acid groups (broad SMARTS) is 4. The van der Waals surface area contributed by atoms with Gasteiger partial charge in [-0.1, -0.05) is 78.0 Å². The maximum absolute atomic E-state index is 14.9. The number of aliphatic carboxylic acids is 4. The summed E-state index contributed by atoms with van der Waals surface area (Å²) in [5.41, 5.74) is 17.9. The molecule has 1 aromatic carbocycles. The Morgan fingerprint density at radius 1 is 0.566 bits per heavy atom. The number of rotatable bonds is 36. The second-order valence-electron chi connectivity index (χ2n) is 27.9. The smallest absolute Gasteiger partial charge is 0.329 e. The predicted octanol–water partition coefficient (Wildman–Crippen LogP) is -4.82. The molecule has 0 radical (unpaired) electrons. The molecule has 2 heterocycles. The molecule has 2 aromatic rings. The van der Waals surface area contributed by atoms with Crippen molar-refractivity contribution in [2.45, 2.75) is 236 Å². The van der Waals surface area contributed by atoms with Crippen LogP contribution in [-0.2, 0) is 107 Å². The Morgan fingerprint density at radius 3 is 1.72 bits per heavy atom. The Morgan fingerprint density at radius 2 is 1.12 bits per heavy atom. The van der Waals surface area contributed by atoms with Gasteiger partial charge in [0.2, 0.25) is 88.6 Å².